The number of aliphatic carboxylic acids is 1. The number of aromatic nitrogens is 4. The number of thiazole rings is 1. The molecule has 0 saturated heterocycles. The van der Waals surface area contributed by atoms with Crippen molar-refractivity contribution < 1.29 is 15.0 Å². The lowest BCUT2D eigenvalue weighted by Crippen LogP contribution is -2.10. The molecule has 0 spiro atoms. The van der Waals surface area contributed by atoms with Crippen LogP contribution in [0.25, 0.3) is 42.9 Å². The van der Waals surface area contributed by atoms with E-state index in [9.17, 15) is 9.90 Å². The van der Waals surface area contributed by atoms with Gasteiger partial charge in [-0.15, -0.1) is 24.2 Å². The Morgan fingerprint density at radius 3 is 2.37 bits per heavy atom. The Balaban J connectivity index is 0.000000515. The molecule has 9 heteroatoms. The van der Waals surface area contributed by atoms with Gasteiger partial charge in [0.25, 0.3) is 0 Å². The Bertz CT molecular complexity index is 1610. The molecule has 0 unspecified atom stereocenters. The molecule has 0 aliphatic heterocycles. The number of aryl methyl sites for hydroxylation is 2. The van der Waals surface area contributed by atoms with Gasteiger partial charge in [-0.2, -0.15) is 5.10 Å². The van der Waals surface area contributed by atoms with E-state index in [1.807, 2.05) is 55.1 Å². The molecule has 0 radical (unpaired) electrons. The van der Waals surface area contributed by atoms with Crippen LogP contribution in [0, 0.1) is 19.8 Å². The lowest BCUT2D eigenvalue weighted by molar-refractivity contribution is -0.136. The molecule has 3 aromatic heterocycles. The first-order valence-electron chi connectivity index (χ1n) is 11.7. The summed E-state index contributed by atoms with van der Waals surface area (Å²) in [5.41, 5.74) is 5.57. The number of rotatable bonds is 4. The molecule has 2 aromatic carbocycles. The number of hydrogen-bond donors (Lipinski definition) is 2. The van der Waals surface area contributed by atoms with Gasteiger partial charge in [-0.1, -0.05) is 23.7 Å². The highest BCUT2D eigenvalue weighted by Gasteiger charge is 2.21. The number of fused-ring (bicyclic) bond motifs is 2. The molecule has 0 atom stereocenters. The molecule has 0 aliphatic rings. The third-order valence-corrected chi connectivity index (χ3v) is 6.66. The third kappa shape index (κ3) is 6.56. The predicted molar refractivity (Wildman–Crippen MR) is 156 cm³/mol. The van der Waals surface area contributed by atoms with E-state index >= 15 is 0 Å². The summed E-state index contributed by atoms with van der Waals surface area (Å²) in [5, 5.41) is 25.0. The normalized spacial score (nSPS) is 11.0. The summed E-state index contributed by atoms with van der Waals surface area (Å²) in [7, 11) is 1.89. The summed E-state index contributed by atoms with van der Waals surface area (Å²) in [6, 6.07) is 11.3. The second-order valence-electron chi connectivity index (χ2n) is 9.53. The van der Waals surface area contributed by atoms with E-state index in [4.69, 9.17) is 21.7 Å². The van der Waals surface area contributed by atoms with Gasteiger partial charge >= 0.3 is 5.97 Å². The number of aliphatic hydroxyl groups is 1. The molecule has 2 N–H and O–H groups in total. The zero-order valence-electron chi connectivity index (χ0n) is 21.9. The molecule has 3 heterocycles. The van der Waals surface area contributed by atoms with Crippen molar-refractivity contribution in [2.24, 2.45) is 7.05 Å². The Morgan fingerprint density at radius 1 is 1.13 bits per heavy atom. The quantitative estimate of drug-likeness (QED) is 0.248. The highest BCUT2D eigenvalue weighted by atomic mass is 35.5. The Labute approximate surface area is 230 Å². The van der Waals surface area contributed by atoms with Crippen molar-refractivity contribution in [3.63, 3.8) is 0 Å². The van der Waals surface area contributed by atoms with E-state index in [0.717, 1.165) is 54.1 Å². The maximum absolute atomic E-state index is 11.6. The standard InChI is InChI=1S/C23H17ClN4O2S.C4H10O.C2H2/c1-12-9-18-22(20(15(12)10-19(29)30)13-3-5-14(24)6-4-13)31-23(26-18)21-16-11-25-8-7-17(16)27-28(21)2;1-4(2,3)5;1-2/h3-9,11H,10H2,1-2H3,(H,29,30);5H,1-3H3;1-2H. The third-order valence-electron chi connectivity index (χ3n) is 5.31. The van der Waals surface area contributed by atoms with Crippen molar-refractivity contribution in [2.45, 2.75) is 39.7 Å². The molecular weight excluding hydrogens is 520 g/mol. The van der Waals surface area contributed by atoms with E-state index in [-0.39, 0.29) is 6.42 Å². The van der Waals surface area contributed by atoms with Crippen LogP contribution in [-0.2, 0) is 18.3 Å². The van der Waals surface area contributed by atoms with Gasteiger partial charge in [0.05, 0.1) is 27.8 Å². The summed E-state index contributed by atoms with van der Waals surface area (Å²) in [5.74, 6) is -0.869. The highest BCUT2D eigenvalue weighted by Crippen LogP contribution is 2.42. The van der Waals surface area contributed by atoms with Gasteiger partial charge in [0.2, 0.25) is 0 Å². The van der Waals surface area contributed by atoms with Gasteiger partial charge in [0, 0.05) is 35.4 Å². The fourth-order valence-electron chi connectivity index (χ4n) is 3.93. The van der Waals surface area contributed by atoms with Gasteiger partial charge in [0.15, 0.2) is 0 Å². The molecule has 5 aromatic rings. The van der Waals surface area contributed by atoms with Crippen molar-refractivity contribution >= 4 is 50.0 Å². The first-order valence-corrected chi connectivity index (χ1v) is 12.9. The van der Waals surface area contributed by atoms with E-state index < -0.39 is 11.6 Å². The molecule has 196 valence electrons. The van der Waals surface area contributed by atoms with Crippen molar-refractivity contribution in [3.8, 4) is 34.7 Å². The number of halogens is 1. The topological polar surface area (TPSA) is 101 Å². The number of carboxylic acids is 1. The highest BCUT2D eigenvalue weighted by molar-refractivity contribution is 7.22. The molecule has 0 fully saturated rings. The van der Waals surface area contributed by atoms with Crippen LogP contribution in [0.4, 0.5) is 0 Å². The van der Waals surface area contributed by atoms with Crippen LogP contribution < -0.4 is 0 Å². The summed E-state index contributed by atoms with van der Waals surface area (Å²) >= 11 is 7.63. The van der Waals surface area contributed by atoms with Crippen LogP contribution in [-0.4, -0.2) is 41.5 Å². The average Bonchev–Trinajstić information content (AvgIpc) is 3.39. The van der Waals surface area contributed by atoms with Crippen LogP contribution in [0.5, 0.6) is 0 Å². The summed E-state index contributed by atoms with van der Waals surface area (Å²) < 4.78 is 2.76. The van der Waals surface area contributed by atoms with E-state index in [1.165, 1.54) is 11.3 Å². The lowest BCUT2D eigenvalue weighted by Gasteiger charge is -2.13. The molecule has 38 heavy (non-hydrogen) atoms. The number of carbonyl (C=O) groups is 1. The fourth-order valence-corrected chi connectivity index (χ4v) is 5.29. The van der Waals surface area contributed by atoms with Crippen molar-refractivity contribution in [1.82, 2.24) is 19.7 Å². The van der Waals surface area contributed by atoms with E-state index in [2.05, 4.69) is 22.9 Å². The lowest BCUT2D eigenvalue weighted by atomic mass is 9.93. The fraction of sp³-hybridized carbons (Fsp3) is 0.241. The van der Waals surface area contributed by atoms with Crippen molar-refractivity contribution in [2.75, 3.05) is 0 Å². The second kappa shape index (κ2) is 11.7. The van der Waals surface area contributed by atoms with Gasteiger partial charge in [-0.25, -0.2) is 4.98 Å². The number of benzene rings is 2. The summed E-state index contributed by atoms with van der Waals surface area (Å²) in [4.78, 5) is 20.8. The van der Waals surface area contributed by atoms with Crippen LogP contribution in [0.15, 0.2) is 48.8 Å². The Morgan fingerprint density at radius 2 is 1.76 bits per heavy atom. The van der Waals surface area contributed by atoms with Gasteiger partial charge in [0.1, 0.15) is 10.7 Å². The van der Waals surface area contributed by atoms with Crippen LogP contribution in [0.2, 0.25) is 5.02 Å². The van der Waals surface area contributed by atoms with E-state index in [0.29, 0.717) is 5.02 Å². The number of terminal acetylenes is 1. The second-order valence-corrected chi connectivity index (χ2v) is 11.0. The van der Waals surface area contributed by atoms with Crippen molar-refractivity contribution in [1.29, 1.82) is 0 Å². The zero-order valence-corrected chi connectivity index (χ0v) is 23.4. The Hall–Kier alpha value is -3.77. The maximum Gasteiger partial charge on any atom is 0.307 e. The first-order chi connectivity index (χ1) is 17.9. The molecule has 5 rings (SSSR count). The minimum absolute atomic E-state index is 0.0640. The molecular formula is C29H29ClN4O3S. The number of pyridine rings is 1. The van der Waals surface area contributed by atoms with Crippen molar-refractivity contribution in [3.05, 3.63) is 64.9 Å². The molecule has 0 amide bonds. The van der Waals surface area contributed by atoms with Crippen LogP contribution >= 0.6 is 22.9 Å². The van der Waals surface area contributed by atoms with Gasteiger partial charge in [-0.05, 0) is 68.7 Å². The predicted octanol–water partition coefficient (Wildman–Crippen LogP) is 6.53. The zero-order chi connectivity index (χ0) is 28.2. The largest absolute Gasteiger partial charge is 0.481 e. The maximum atomic E-state index is 11.6. The summed E-state index contributed by atoms with van der Waals surface area (Å²) in [6.07, 6.45) is 11.5. The first kappa shape index (κ1) is 28.8. The van der Waals surface area contributed by atoms with E-state index in [1.54, 1.807) is 33.2 Å². The van der Waals surface area contributed by atoms with Crippen LogP contribution in [0.1, 0.15) is 31.9 Å². The Kier molecular flexibility index (Phi) is 8.89. The SMILES string of the molecule is C#C.CC(C)(C)O.Cc1cc2nc(-c3c4cnccc4nn3C)sc2c(-c2ccc(Cl)cc2)c1CC(=O)O. The number of carboxylic acid groups (broad SMARTS) is 1. The minimum Gasteiger partial charge on any atom is -0.481 e. The minimum atomic E-state index is -0.869. The number of nitrogens with zero attached hydrogens (tertiary/aromatic N) is 4. The molecule has 7 nitrogen and oxygen atoms in total. The monoisotopic (exact) mass is 548 g/mol. The average molecular weight is 549 g/mol. The van der Waals surface area contributed by atoms with Gasteiger partial charge in [-0.3, -0.25) is 14.5 Å². The smallest absolute Gasteiger partial charge is 0.307 e. The van der Waals surface area contributed by atoms with Crippen LogP contribution in [0.3, 0.4) is 0 Å². The van der Waals surface area contributed by atoms with Gasteiger partial charge < -0.3 is 10.2 Å². The molecule has 0 aliphatic carbocycles. The summed E-state index contributed by atoms with van der Waals surface area (Å²) in [6.45, 7) is 7.16. The molecule has 0 saturated carbocycles. The number of hydrogen-bond acceptors (Lipinski definition) is 6. The molecule has 0 bridgehead atoms.